The van der Waals surface area contributed by atoms with Gasteiger partial charge in [0, 0.05) is 39.1 Å². The van der Waals surface area contributed by atoms with E-state index in [2.05, 4.69) is 25.5 Å². The summed E-state index contributed by atoms with van der Waals surface area (Å²) in [6.45, 7) is 3.94. The second-order valence-electron chi connectivity index (χ2n) is 4.43. The number of rotatable bonds is 7. The second kappa shape index (κ2) is 8.95. The number of guanidine groups is 1. The maximum Gasteiger partial charge on any atom is 0.310 e. The van der Waals surface area contributed by atoms with Gasteiger partial charge in [-0.25, -0.2) is 0 Å². The first-order valence-electron chi connectivity index (χ1n) is 6.67. The molecule has 1 rings (SSSR count). The van der Waals surface area contributed by atoms with E-state index in [0.717, 1.165) is 19.5 Å². The zero-order valence-electron chi connectivity index (χ0n) is 12.3. The molecule has 1 heterocycles. The number of aliphatic imine (C=N–C) groups is 1. The molecule has 0 fully saturated rings. The van der Waals surface area contributed by atoms with Crippen molar-refractivity contribution in [3.05, 3.63) is 18.5 Å². The van der Waals surface area contributed by atoms with Crippen LogP contribution in [0.3, 0.4) is 0 Å². The lowest BCUT2D eigenvalue weighted by Crippen LogP contribution is -2.41. The van der Waals surface area contributed by atoms with Gasteiger partial charge >= 0.3 is 5.97 Å². The number of hydrogen-bond acceptors (Lipinski definition) is 4. The number of carbonyl (C=O) groups excluding carboxylic acids is 1. The SMILES string of the molecule is CN=C(NCCCn1cccn1)NCC(C)C(=O)OC. The van der Waals surface area contributed by atoms with Crippen molar-refractivity contribution in [3.8, 4) is 0 Å². The number of hydrogen-bond donors (Lipinski definition) is 2. The van der Waals surface area contributed by atoms with Crippen molar-refractivity contribution in [2.75, 3.05) is 27.2 Å². The van der Waals surface area contributed by atoms with Gasteiger partial charge in [0.2, 0.25) is 0 Å². The Balaban J connectivity index is 2.18. The highest BCUT2D eigenvalue weighted by Crippen LogP contribution is 1.95. The Morgan fingerprint density at radius 2 is 2.30 bits per heavy atom. The number of esters is 1. The summed E-state index contributed by atoms with van der Waals surface area (Å²) in [7, 11) is 3.09. The Kier molecular flexibility index (Phi) is 7.16. The molecule has 0 spiro atoms. The molecule has 20 heavy (non-hydrogen) atoms. The average Bonchev–Trinajstić information content (AvgIpc) is 2.98. The van der Waals surface area contributed by atoms with Gasteiger partial charge in [0.25, 0.3) is 0 Å². The summed E-state index contributed by atoms with van der Waals surface area (Å²) in [5.41, 5.74) is 0. The molecule has 1 aromatic rings. The quantitative estimate of drug-likeness (QED) is 0.324. The van der Waals surface area contributed by atoms with E-state index in [4.69, 9.17) is 0 Å². The smallest absolute Gasteiger partial charge is 0.310 e. The highest BCUT2D eigenvalue weighted by atomic mass is 16.5. The molecule has 1 aromatic heterocycles. The third kappa shape index (κ3) is 5.73. The minimum atomic E-state index is -0.230. The zero-order valence-corrected chi connectivity index (χ0v) is 12.3. The van der Waals surface area contributed by atoms with E-state index in [0.29, 0.717) is 12.5 Å². The standard InChI is InChI=1S/C13H23N5O2/c1-11(12(19)20-3)10-16-13(14-2)15-6-4-8-18-9-5-7-17-18/h5,7,9,11H,4,6,8,10H2,1-3H3,(H2,14,15,16). The Bertz CT molecular complexity index is 416. The maximum atomic E-state index is 11.3. The molecule has 0 bridgehead atoms. The van der Waals surface area contributed by atoms with Crippen LogP contribution in [0.4, 0.5) is 0 Å². The van der Waals surface area contributed by atoms with E-state index in [1.54, 1.807) is 13.2 Å². The fourth-order valence-corrected chi connectivity index (χ4v) is 1.64. The van der Waals surface area contributed by atoms with E-state index in [-0.39, 0.29) is 11.9 Å². The number of methoxy groups -OCH3 is 1. The molecule has 1 atom stereocenters. The van der Waals surface area contributed by atoms with Crippen molar-refractivity contribution in [2.45, 2.75) is 19.9 Å². The van der Waals surface area contributed by atoms with Gasteiger partial charge in [-0.15, -0.1) is 0 Å². The van der Waals surface area contributed by atoms with E-state index < -0.39 is 0 Å². The molecule has 0 saturated heterocycles. The predicted octanol–water partition coefficient (Wildman–Crippen LogP) is 0.247. The molecule has 0 saturated carbocycles. The highest BCUT2D eigenvalue weighted by molar-refractivity contribution is 5.80. The molecule has 1 unspecified atom stereocenters. The summed E-state index contributed by atoms with van der Waals surface area (Å²) in [5.74, 6) is 0.246. The van der Waals surface area contributed by atoms with Gasteiger partial charge in [0.1, 0.15) is 0 Å². The van der Waals surface area contributed by atoms with E-state index >= 15 is 0 Å². The zero-order chi connectivity index (χ0) is 14.8. The summed E-state index contributed by atoms with van der Waals surface area (Å²) < 4.78 is 6.55. The van der Waals surface area contributed by atoms with Crippen LogP contribution in [0.25, 0.3) is 0 Å². The maximum absolute atomic E-state index is 11.3. The lowest BCUT2D eigenvalue weighted by Gasteiger charge is -2.14. The van der Waals surface area contributed by atoms with Crippen LogP contribution < -0.4 is 10.6 Å². The van der Waals surface area contributed by atoms with Gasteiger partial charge < -0.3 is 15.4 Å². The summed E-state index contributed by atoms with van der Waals surface area (Å²) in [4.78, 5) is 15.4. The molecule has 0 amide bonds. The first kappa shape index (κ1) is 16.0. The number of aromatic nitrogens is 2. The van der Waals surface area contributed by atoms with Crippen molar-refractivity contribution >= 4 is 11.9 Å². The van der Waals surface area contributed by atoms with Gasteiger partial charge in [-0.05, 0) is 12.5 Å². The number of carbonyl (C=O) groups is 1. The minimum absolute atomic E-state index is 0.206. The number of aryl methyl sites for hydroxylation is 1. The van der Waals surface area contributed by atoms with Crippen molar-refractivity contribution in [1.82, 2.24) is 20.4 Å². The van der Waals surface area contributed by atoms with Crippen LogP contribution in [0.1, 0.15) is 13.3 Å². The molecular formula is C13H23N5O2. The van der Waals surface area contributed by atoms with E-state index in [9.17, 15) is 4.79 Å². The second-order valence-corrected chi connectivity index (χ2v) is 4.43. The van der Waals surface area contributed by atoms with Crippen LogP contribution in [0, 0.1) is 5.92 Å². The van der Waals surface area contributed by atoms with Crippen LogP contribution >= 0.6 is 0 Å². The Labute approximate surface area is 119 Å². The molecular weight excluding hydrogens is 258 g/mol. The molecule has 7 nitrogen and oxygen atoms in total. The average molecular weight is 281 g/mol. The Hall–Kier alpha value is -2.05. The normalized spacial score (nSPS) is 12.8. The fourth-order valence-electron chi connectivity index (χ4n) is 1.64. The monoisotopic (exact) mass is 281 g/mol. The molecule has 112 valence electrons. The van der Waals surface area contributed by atoms with Crippen LogP contribution in [0.2, 0.25) is 0 Å². The van der Waals surface area contributed by atoms with Crippen molar-refractivity contribution in [2.24, 2.45) is 10.9 Å². The summed E-state index contributed by atoms with van der Waals surface area (Å²) in [5, 5.41) is 10.4. The van der Waals surface area contributed by atoms with Crippen LogP contribution in [-0.4, -0.2) is 49.0 Å². The van der Waals surface area contributed by atoms with E-state index in [1.807, 2.05) is 23.9 Å². The van der Waals surface area contributed by atoms with Gasteiger partial charge in [-0.2, -0.15) is 5.10 Å². The molecule has 0 radical (unpaired) electrons. The topological polar surface area (TPSA) is 80.5 Å². The molecule has 2 N–H and O–H groups in total. The lowest BCUT2D eigenvalue weighted by atomic mass is 10.2. The van der Waals surface area contributed by atoms with Crippen LogP contribution in [0.15, 0.2) is 23.5 Å². The van der Waals surface area contributed by atoms with Gasteiger partial charge in [0.15, 0.2) is 5.96 Å². The third-order valence-corrected chi connectivity index (χ3v) is 2.82. The van der Waals surface area contributed by atoms with Crippen molar-refractivity contribution in [1.29, 1.82) is 0 Å². The first-order valence-corrected chi connectivity index (χ1v) is 6.67. The number of nitrogens with one attached hydrogen (secondary N) is 2. The van der Waals surface area contributed by atoms with Crippen LogP contribution in [-0.2, 0) is 16.1 Å². The Morgan fingerprint density at radius 1 is 1.50 bits per heavy atom. The first-order chi connectivity index (χ1) is 9.67. The van der Waals surface area contributed by atoms with Crippen molar-refractivity contribution < 1.29 is 9.53 Å². The van der Waals surface area contributed by atoms with Crippen LogP contribution in [0.5, 0.6) is 0 Å². The van der Waals surface area contributed by atoms with Gasteiger partial charge in [0.05, 0.1) is 13.0 Å². The largest absolute Gasteiger partial charge is 0.469 e. The molecule has 0 aromatic carbocycles. The number of nitrogens with zero attached hydrogens (tertiary/aromatic N) is 3. The van der Waals surface area contributed by atoms with E-state index in [1.165, 1.54) is 7.11 Å². The predicted molar refractivity (Wildman–Crippen MR) is 77.4 cm³/mol. The summed E-state index contributed by atoms with van der Waals surface area (Å²) in [6.07, 6.45) is 4.64. The Morgan fingerprint density at radius 3 is 2.90 bits per heavy atom. The fraction of sp³-hybridized carbons (Fsp3) is 0.615. The summed E-state index contributed by atoms with van der Waals surface area (Å²) in [6, 6.07) is 1.90. The minimum Gasteiger partial charge on any atom is -0.469 e. The molecule has 0 aliphatic rings. The highest BCUT2D eigenvalue weighted by Gasteiger charge is 2.12. The lowest BCUT2D eigenvalue weighted by molar-refractivity contribution is -0.144. The third-order valence-electron chi connectivity index (χ3n) is 2.82. The molecule has 7 heteroatoms. The molecule has 0 aliphatic heterocycles. The van der Waals surface area contributed by atoms with Crippen molar-refractivity contribution in [3.63, 3.8) is 0 Å². The van der Waals surface area contributed by atoms with Gasteiger partial charge in [-0.3, -0.25) is 14.5 Å². The van der Waals surface area contributed by atoms with Gasteiger partial charge in [-0.1, -0.05) is 6.92 Å². The summed E-state index contributed by atoms with van der Waals surface area (Å²) >= 11 is 0. The number of ether oxygens (including phenoxy) is 1. The molecule has 0 aliphatic carbocycles.